The Bertz CT molecular complexity index is 256. The fourth-order valence-electron chi connectivity index (χ4n) is 4.01. The second-order valence-corrected chi connectivity index (χ2v) is 6.23. The second kappa shape index (κ2) is 3.27. The molecule has 0 N–H and O–H groups in total. The summed E-state index contributed by atoms with van der Waals surface area (Å²) in [6, 6.07) is 0. The van der Waals surface area contributed by atoms with Crippen molar-refractivity contribution < 1.29 is 0 Å². The van der Waals surface area contributed by atoms with Crippen LogP contribution in [-0.4, -0.2) is 5.38 Å². The van der Waals surface area contributed by atoms with Crippen molar-refractivity contribution in [2.24, 2.45) is 29.6 Å². The van der Waals surface area contributed by atoms with E-state index in [9.17, 15) is 0 Å². The van der Waals surface area contributed by atoms with Crippen molar-refractivity contribution in [3.63, 3.8) is 0 Å². The number of allylic oxidation sites excluding steroid dienone is 2. The van der Waals surface area contributed by atoms with Crippen molar-refractivity contribution in [2.45, 2.75) is 38.0 Å². The van der Waals surface area contributed by atoms with E-state index in [2.05, 4.69) is 19.1 Å². The molecule has 14 heavy (non-hydrogen) atoms. The molecule has 0 aliphatic heterocycles. The van der Waals surface area contributed by atoms with E-state index in [0.717, 1.165) is 29.6 Å². The lowest BCUT2D eigenvalue weighted by molar-refractivity contribution is 0.254. The van der Waals surface area contributed by atoms with Crippen LogP contribution in [0.15, 0.2) is 12.2 Å². The van der Waals surface area contributed by atoms with Gasteiger partial charge in [-0.15, -0.1) is 11.6 Å². The summed E-state index contributed by atoms with van der Waals surface area (Å²) in [6.07, 6.45) is 10.4. The topological polar surface area (TPSA) is 0 Å². The van der Waals surface area contributed by atoms with Gasteiger partial charge in [-0.1, -0.05) is 19.1 Å². The first kappa shape index (κ1) is 9.27. The van der Waals surface area contributed by atoms with Crippen LogP contribution in [0.1, 0.15) is 32.6 Å². The number of alkyl halides is 1. The Morgan fingerprint density at radius 3 is 2.36 bits per heavy atom. The monoisotopic (exact) mass is 210 g/mol. The molecule has 0 aromatic heterocycles. The summed E-state index contributed by atoms with van der Waals surface area (Å²) in [4.78, 5) is 0. The number of hydrogen-bond acceptors (Lipinski definition) is 0. The summed E-state index contributed by atoms with van der Waals surface area (Å²) >= 11 is 6.29. The molecule has 0 aromatic rings. The van der Waals surface area contributed by atoms with Gasteiger partial charge in [0.15, 0.2) is 0 Å². The molecule has 78 valence electrons. The van der Waals surface area contributed by atoms with Crippen LogP contribution in [0.3, 0.4) is 0 Å². The van der Waals surface area contributed by atoms with E-state index in [4.69, 9.17) is 11.6 Å². The number of fused-ring (bicyclic) bond motifs is 2. The van der Waals surface area contributed by atoms with Gasteiger partial charge in [0.05, 0.1) is 0 Å². The number of hydrogen-bond donors (Lipinski definition) is 0. The van der Waals surface area contributed by atoms with Crippen LogP contribution in [0.5, 0.6) is 0 Å². The molecule has 0 radical (unpaired) electrons. The maximum Gasteiger partial charge on any atom is 0.0367 e. The standard InChI is InChI=1S/C13H19Cl/c1-8-2-3-9(4-8)12-6-11-5-10(12)7-13(11)14/h2-3,8-13H,4-7H2,1H3. The van der Waals surface area contributed by atoms with Crippen molar-refractivity contribution in [3.8, 4) is 0 Å². The third-order valence-corrected chi connectivity index (χ3v) is 5.24. The minimum absolute atomic E-state index is 0.513. The predicted octanol–water partition coefficient (Wildman–Crippen LogP) is 3.85. The molecule has 0 nitrogen and oxygen atoms in total. The van der Waals surface area contributed by atoms with E-state index in [1.165, 1.54) is 25.7 Å². The molecule has 2 bridgehead atoms. The summed E-state index contributed by atoms with van der Waals surface area (Å²) in [6.45, 7) is 2.34. The van der Waals surface area contributed by atoms with E-state index < -0.39 is 0 Å². The Hall–Kier alpha value is 0.0300. The van der Waals surface area contributed by atoms with Gasteiger partial charge < -0.3 is 0 Å². The molecule has 0 heterocycles. The van der Waals surface area contributed by atoms with Gasteiger partial charge in [-0.25, -0.2) is 0 Å². The molecular weight excluding hydrogens is 192 g/mol. The first-order valence-corrected chi connectivity index (χ1v) is 6.50. The highest BCUT2D eigenvalue weighted by Gasteiger charge is 2.47. The Balaban J connectivity index is 1.69. The van der Waals surface area contributed by atoms with Crippen LogP contribution >= 0.6 is 11.6 Å². The van der Waals surface area contributed by atoms with E-state index in [-0.39, 0.29) is 0 Å². The first-order chi connectivity index (χ1) is 6.74. The van der Waals surface area contributed by atoms with Crippen molar-refractivity contribution in [3.05, 3.63) is 12.2 Å². The number of rotatable bonds is 1. The molecule has 2 fully saturated rings. The van der Waals surface area contributed by atoms with Gasteiger partial charge in [-0.05, 0) is 55.3 Å². The van der Waals surface area contributed by atoms with Gasteiger partial charge in [-0.2, -0.15) is 0 Å². The fourth-order valence-corrected chi connectivity index (χ4v) is 4.45. The summed E-state index contributed by atoms with van der Waals surface area (Å²) in [5.74, 6) is 4.52. The maximum atomic E-state index is 6.29. The zero-order valence-electron chi connectivity index (χ0n) is 8.83. The Morgan fingerprint density at radius 1 is 1.00 bits per heavy atom. The molecule has 0 spiro atoms. The SMILES string of the molecule is CC1C=CC(C2CC3CC2CC3Cl)C1. The van der Waals surface area contributed by atoms with Crippen molar-refractivity contribution in [2.75, 3.05) is 0 Å². The van der Waals surface area contributed by atoms with E-state index in [0.29, 0.717) is 5.38 Å². The van der Waals surface area contributed by atoms with Gasteiger partial charge in [0.25, 0.3) is 0 Å². The highest BCUT2D eigenvalue weighted by molar-refractivity contribution is 6.21. The van der Waals surface area contributed by atoms with Crippen LogP contribution in [0, 0.1) is 29.6 Å². The zero-order chi connectivity index (χ0) is 9.71. The number of halogens is 1. The Morgan fingerprint density at radius 2 is 1.86 bits per heavy atom. The third kappa shape index (κ3) is 1.34. The van der Waals surface area contributed by atoms with Crippen LogP contribution in [-0.2, 0) is 0 Å². The molecule has 6 atom stereocenters. The average Bonchev–Trinajstić information content (AvgIpc) is 2.77. The van der Waals surface area contributed by atoms with Gasteiger partial charge in [0, 0.05) is 5.38 Å². The van der Waals surface area contributed by atoms with Crippen LogP contribution < -0.4 is 0 Å². The molecule has 3 aliphatic carbocycles. The van der Waals surface area contributed by atoms with Gasteiger partial charge in [0.1, 0.15) is 0 Å². The summed E-state index contributed by atoms with van der Waals surface area (Å²) in [5, 5.41) is 0.513. The summed E-state index contributed by atoms with van der Waals surface area (Å²) in [5.41, 5.74) is 0. The lowest BCUT2D eigenvalue weighted by Gasteiger charge is -2.29. The van der Waals surface area contributed by atoms with Gasteiger partial charge in [0.2, 0.25) is 0 Å². The van der Waals surface area contributed by atoms with E-state index in [1.54, 1.807) is 0 Å². The van der Waals surface area contributed by atoms with Crippen molar-refractivity contribution in [1.29, 1.82) is 0 Å². The minimum atomic E-state index is 0.513. The maximum absolute atomic E-state index is 6.29. The largest absolute Gasteiger partial charge is 0.123 e. The first-order valence-electron chi connectivity index (χ1n) is 6.06. The molecule has 0 aromatic carbocycles. The molecule has 0 amide bonds. The molecule has 2 saturated carbocycles. The van der Waals surface area contributed by atoms with Crippen molar-refractivity contribution >= 4 is 11.6 Å². The third-order valence-electron chi connectivity index (χ3n) is 4.71. The quantitative estimate of drug-likeness (QED) is 0.456. The van der Waals surface area contributed by atoms with Crippen LogP contribution in [0.4, 0.5) is 0 Å². The average molecular weight is 211 g/mol. The van der Waals surface area contributed by atoms with Crippen LogP contribution in [0.25, 0.3) is 0 Å². The normalized spacial score (nSPS) is 55.9. The Labute approximate surface area is 91.7 Å². The van der Waals surface area contributed by atoms with Gasteiger partial charge in [-0.3, -0.25) is 0 Å². The molecule has 0 saturated heterocycles. The highest BCUT2D eigenvalue weighted by atomic mass is 35.5. The second-order valence-electron chi connectivity index (χ2n) is 5.67. The predicted molar refractivity (Wildman–Crippen MR) is 60.4 cm³/mol. The zero-order valence-corrected chi connectivity index (χ0v) is 9.58. The molecule has 6 unspecified atom stereocenters. The molecule has 3 rings (SSSR count). The van der Waals surface area contributed by atoms with Crippen molar-refractivity contribution in [1.82, 2.24) is 0 Å². The van der Waals surface area contributed by atoms with E-state index >= 15 is 0 Å². The lowest BCUT2D eigenvalue weighted by Crippen LogP contribution is -2.23. The smallest absolute Gasteiger partial charge is 0.0367 e. The molecule has 3 aliphatic rings. The van der Waals surface area contributed by atoms with Crippen LogP contribution in [0.2, 0.25) is 0 Å². The fraction of sp³-hybridized carbons (Fsp3) is 0.846. The summed E-state index contributed by atoms with van der Waals surface area (Å²) in [7, 11) is 0. The Kier molecular flexibility index (Phi) is 2.16. The molecular formula is C13H19Cl. The van der Waals surface area contributed by atoms with Gasteiger partial charge >= 0.3 is 0 Å². The summed E-state index contributed by atoms with van der Waals surface area (Å²) < 4.78 is 0. The lowest BCUT2D eigenvalue weighted by atomic mass is 9.78. The minimum Gasteiger partial charge on any atom is -0.123 e. The molecule has 1 heteroatoms. The van der Waals surface area contributed by atoms with E-state index in [1.807, 2.05) is 0 Å². The highest BCUT2D eigenvalue weighted by Crippen LogP contribution is 2.54.